The van der Waals surface area contributed by atoms with E-state index in [1.807, 2.05) is 0 Å². The molecule has 19 heavy (non-hydrogen) atoms. The standard InChI is InChI=1S/C16H18N2S/c1-10-11(2)16(19)18-17-15(10)14-9-4-3-8-13(14)12-6-5-7-12/h3-4,8-9,12H,5-7H2,1-2H3,(H,18,19). The van der Waals surface area contributed by atoms with E-state index in [1.165, 1.54) is 36.0 Å². The van der Waals surface area contributed by atoms with E-state index < -0.39 is 0 Å². The Morgan fingerprint density at radius 2 is 1.89 bits per heavy atom. The molecular formula is C16H18N2S. The molecule has 0 atom stereocenters. The molecule has 0 radical (unpaired) electrons. The summed E-state index contributed by atoms with van der Waals surface area (Å²) in [4.78, 5) is 0. The minimum atomic E-state index is 0.709. The molecule has 0 saturated heterocycles. The van der Waals surface area contributed by atoms with E-state index in [0.717, 1.165) is 15.9 Å². The van der Waals surface area contributed by atoms with Crippen LogP contribution in [-0.4, -0.2) is 10.2 Å². The molecule has 0 bridgehead atoms. The Balaban J connectivity index is 2.17. The van der Waals surface area contributed by atoms with Gasteiger partial charge in [-0.3, -0.25) is 5.10 Å². The van der Waals surface area contributed by atoms with E-state index in [-0.39, 0.29) is 0 Å². The first-order chi connectivity index (χ1) is 9.18. The smallest absolute Gasteiger partial charge is 0.122 e. The second kappa shape index (κ2) is 4.89. The summed E-state index contributed by atoms with van der Waals surface area (Å²) >= 11 is 5.25. The number of benzene rings is 1. The fourth-order valence-electron chi connectivity index (χ4n) is 2.67. The van der Waals surface area contributed by atoms with Gasteiger partial charge in [-0.25, -0.2) is 0 Å². The van der Waals surface area contributed by atoms with Gasteiger partial charge < -0.3 is 0 Å². The average Bonchev–Trinajstić information content (AvgIpc) is 2.35. The van der Waals surface area contributed by atoms with Crippen molar-refractivity contribution in [1.29, 1.82) is 0 Å². The lowest BCUT2D eigenvalue weighted by Crippen LogP contribution is -2.10. The first-order valence-electron chi connectivity index (χ1n) is 6.83. The van der Waals surface area contributed by atoms with Crippen LogP contribution in [0.4, 0.5) is 0 Å². The number of aromatic nitrogens is 2. The lowest BCUT2D eigenvalue weighted by molar-refractivity contribution is 0.420. The van der Waals surface area contributed by atoms with Gasteiger partial charge >= 0.3 is 0 Å². The van der Waals surface area contributed by atoms with Crippen LogP contribution in [0.1, 0.15) is 41.9 Å². The number of nitrogens with zero attached hydrogens (tertiary/aromatic N) is 1. The Hall–Kier alpha value is -1.48. The average molecular weight is 270 g/mol. The fourth-order valence-corrected chi connectivity index (χ4v) is 2.87. The van der Waals surface area contributed by atoms with Gasteiger partial charge in [-0.15, -0.1) is 0 Å². The molecule has 1 fully saturated rings. The molecule has 3 rings (SSSR count). The number of nitrogens with one attached hydrogen (secondary N) is 1. The highest BCUT2D eigenvalue weighted by atomic mass is 32.1. The normalized spacial score (nSPS) is 15.3. The van der Waals surface area contributed by atoms with E-state index in [0.29, 0.717) is 5.92 Å². The summed E-state index contributed by atoms with van der Waals surface area (Å²) in [5.74, 6) is 0.709. The zero-order valence-electron chi connectivity index (χ0n) is 11.4. The van der Waals surface area contributed by atoms with Crippen molar-refractivity contribution in [1.82, 2.24) is 10.2 Å². The molecule has 1 aromatic carbocycles. The van der Waals surface area contributed by atoms with Crippen molar-refractivity contribution in [2.24, 2.45) is 0 Å². The zero-order valence-corrected chi connectivity index (χ0v) is 12.2. The second-order valence-corrected chi connectivity index (χ2v) is 5.77. The van der Waals surface area contributed by atoms with Gasteiger partial charge in [0, 0.05) is 5.56 Å². The van der Waals surface area contributed by atoms with Crippen LogP contribution >= 0.6 is 12.2 Å². The predicted octanol–water partition coefficient (Wildman–Crippen LogP) is 4.69. The lowest BCUT2D eigenvalue weighted by atomic mass is 9.77. The molecule has 1 aliphatic carbocycles. The maximum atomic E-state index is 5.25. The maximum Gasteiger partial charge on any atom is 0.122 e. The number of H-pyrrole nitrogens is 1. The minimum absolute atomic E-state index is 0.709. The van der Waals surface area contributed by atoms with Crippen molar-refractivity contribution >= 4 is 12.2 Å². The number of aromatic amines is 1. The molecule has 1 saturated carbocycles. The Labute approximate surface area is 118 Å². The van der Waals surface area contributed by atoms with Crippen LogP contribution in [-0.2, 0) is 0 Å². The molecule has 1 N–H and O–H groups in total. The first-order valence-corrected chi connectivity index (χ1v) is 7.24. The highest BCUT2D eigenvalue weighted by Gasteiger charge is 2.23. The van der Waals surface area contributed by atoms with Crippen LogP contribution in [0.3, 0.4) is 0 Å². The number of hydrogen-bond donors (Lipinski definition) is 1. The molecule has 1 aliphatic rings. The van der Waals surface area contributed by atoms with Gasteiger partial charge in [0.05, 0.1) is 5.69 Å². The third-order valence-corrected chi connectivity index (χ3v) is 4.69. The molecule has 2 aromatic rings. The summed E-state index contributed by atoms with van der Waals surface area (Å²) < 4.78 is 0.738. The predicted molar refractivity (Wildman–Crippen MR) is 80.9 cm³/mol. The van der Waals surface area contributed by atoms with Crippen molar-refractivity contribution in [3.63, 3.8) is 0 Å². The summed E-state index contributed by atoms with van der Waals surface area (Å²) in [5.41, 5.74) is 6.07. The van der Waals surface area contributed by atoms with Crippen molar-refractivity contribution in [3.05, 3.63) is 45.6 Å². The second-order valence-electron chi connectivity index (χ2n) is 5.37. The van der Waals surface area contributed by atoms with Crippen molar-refractivity contribution < 1.29 is 0 Å². The zero-order chi connectivity index (χ0) is 13.4. The fraction of sp³-hybridized carbons (Fsp3) is 0.375. The van der Waals surface area contributed by atoms with E-state index in [9.17, 15) is 0 Å². The molecule has 0 spiro atoms. The molecule has 2 nitrogen and oxygen atoms in total. The summed E-state index contributed by atoms with van der Waals surface area (Å²) in [5, 5.41) is 7.46. The highest BCUT2D eigenvalue weighted by molar-refractivity contribution is 7.71. The quantitative estimate of drug-likeness (QED) is 0.802. The van der Waals surface area contributed by atoms with Crippen LogP contribution < -0.4 is 0 Å². The van der Waals surface area contributed by atoms with Crippen molar-refractivity contribution in [2.75, 3.05) is 0 Å². The third kappa shape index (κ3) is 2.12. The molecule has 1 aromatic heterocycles. The van der Waals surface area contributed by atoms with Gasteiger partial charge in [0.25, 0.3) is 0 Å². The van der Waals surface area contributed by atoms with E-state index in [4.69, 9.17) is 12.2 Å². The maximum absolute atomic E-state index is 5.25. The summed E-state index contributed by atoms with van der Waals surface area (Å²) in [6, 6.07) is 8.65. The third-order valence-electron chi connectivity index (χ3n) is 4.29. The summed E-state index contributed by atoms with van der Waals surface area (Å²) in [7, 11) is 0. The summed E-state index contributed by atoms with van der Waals surface area (Å²) in [6.07, 6.45) is 3.96. The van der Waals surface area contributed by atoms with Gasteiger partial charge in [-0.1, -0.05) is 42.9 Å². The monoisotopic (exact) mass is 270 g/mol. The van der Waals surface area contributed by atoms with Crippen LogP contribution in [0.25, 0.3) is 11.3 Å². The lowest BCUT2D eigenvalue weighted by Gasteiger charge is -2.28. The molecule has 1 heterocycles. The van der Waals surface area contributed by atoms with Crippen molar-refractivity contribution in [3.8, 4) is 11.3 Å². The van der Waals surface area contributed by atoms with Gasteiger partial charge in [-0.05, 0) is 49.3 Å². The van der Waals surface area contributed by atoms with Gasteiger partial charge in [0.1, 0.15) is 4.64 Å². The SMILES string of the molecule is Cc1c(-c2ccccc2C2CCC2)n[nH]c(=S)c1C. The van der Waals surface area contributed by atoms with Crippen LogP contribution in [0.2, 0.25) is 0 Å². The molecule has 0 amide bonds. The topological polar surface area (TPSA) is 28.7 Å². The molecule has 98 valence electrons. The highest BCUT2D eigenvalue weighted by Crippen LogP contribution is 2.41. The Bertz CT molecular complexity index is 669. The van der Waals surface area contributed by atoms with E-state index in [2.05, 4.69) is 48.3 Å². The van der Waals surface area contributed by atoms with Gasteiger partial charge in [-0.2, -0.15) is 5.10 Å². The molecular weight excluding hydrogens is 252 g/mol. The minimum Gasteiger partial charge on any atom is -0.267 e. The van der Waals surface area contributed by atoms with E-state index in [1.54, 1.807) is 0 Å². The first kappa shape index (κ1) is 12.5. The Kier molecular flexibility index (Phi) is 3.23. The van der Waals surface area contributed by atoms with Crippen molar-refractivity contribution in [2.45, 2.75) is 39.0 Å². The Morgan fingerprint density at radius 1 is 1.16 bits per heavy atom. The largest absolute Gasteiger partial charge is 0.267 e. The van der Waals surface area contributed by atoms with Crippen LogP contribution in [0.5, 0.6) is 0 Å². The van der Waals surface area contributed by atoms with Gasteiger partial charge in [0.2, 0.25) is 0 Å². The summed E-state index contributed by atoms with van der Waals surface area (Å²) in [6.45, 7) is 4.17. The van der Waals surface area contributed by atoms with Crippen LogP contribution in [0.15, 0.2) is 24.3 Å². The number of rotatable bonds is 2. The molecule has 0 aliphatic heterocycles. The molecule has 3 heteroatoms. The Morgan fingerprint density at radius 3 is 2.58 bits per heavy atom. The molecule has 0 unspecified atom stereocenters. The van der Waals surface area contributed by atoms with E-state index >= 15 is 0 Å². The van der Waals surface area contributed by atoms with Gasteiger partial charge in [0.15, 0.2) is 0 Å². The number of hydrogen-bond acceptors (Lipinski definition) is 2. The van der Waals surface area contributed by atoms with Crippen LogP contribution in [0, 0.1) is 18.5 Å².